The fraction of sp³-hybridized carbons (Fsp3) is 0.250. The van der Waals surface area contributed by atoms with Crippen LogP contribution in [0.1, 0.15) is 23.6 Å². The van der Waals surface area contributed by atoms with Crippen LogP contribution in [0.3, 0.4) is 0 Å². The van der Waals surface area contributed by atoms with Crippen molar-refractivity contribution >= 4 is 0 Å². The molecule has 0 fully saturated rings. The van der Waals surface area contributed by atoms with Gasteiger partial charge < -0.3 is 5.32 Å². The Kier molecular flexibility index (Phi) is 4.79. The first-order valence-electron chi connectivity index (χ1n) is 6.46. The van der Waals surface area contributed by atoms with E-state index in [1.165, 1.54) is 0 Å². The van der Waals surface area contributed by atoms with Gasteiger partial charge in [-0.1, -0.05) is 60.7 Å². The van der Waals surface area contributed by atoms with Gasteiger partial charge in [0.15, 0.2) is 0 Å². The molecule has 4 heteroatoms. The van der Waals surface area contributed by atoms with Gasteiger partial charge in [-0.15, -0.1) is 0 Å². The van der Waals surface area contributed by atoms with Crippen LogP contribution < -0.4 is 5.32 Å². The molecule has 1 nitrogen and oxygen atoms in total. The van der Waals surface area contributed by atoms with Crippen LogP contribution in [0, 0.1) is 0 Å². The van der Waals surface area contributed by atoms with E-state index in [0.29, 0.717) is 0 Å². The minimum absolute atomic E-state index is 0.0993. The van der Waals surface area contributed by atoms with Crippen molar-refractivity contribution in [1.82, 2.24) is 5.32 Å². The second-order valence-corrected chi connectivity index (χ2v) is 4.57. The molecule has 0 aliphatic rings. The Labute approximate surface area is 116 Å². The number of nitrogens with one attached hydrogen (secondary N) is 1. The van der Waals surface area contributed by atoms with Crippen molar-refractivity contribution in [3.8, 4) is 0 Å². The minimum atomic E-state index is -4.13. The summed E-state index contributed by atoms with van der Waals surface area (Å²) in [6.07, 6.45) is -4.96. The maximum Gasteiger partial charge on any atom is 0.390 e. The van der Waals surface area contributed by atoms with E-state index in [1.807, 2.05) is 60.7 Å². The van der Waals surface area contributed by atoms with E-state index < -0.39 is 12.6 Å². The fourth-order valence-corrected chi connectivity index (χ4v) is 2.08. The summed E-state index contributed by atoms with van der Waals surface area (Å²) < 4.78 is 36.8. The highest BCUT2D eigenvalue weighted by atomic mass is 19.4. The molecule has 0 saturated carbocycles. The Morgan fingerprint density at radius 2 is 1.25 bits per heavy atom. The predicted octanol–water partition coefficient (Wildman–Crippen LogP) is 4.32. The van der Waals surface area contributed by atoms with Gasteiger partial charge in [0.05, 0.1) is 12.5 Å². The lowest BCUT2D eigenvalue weighted by atomic mass is 9.99. The summed E-state index contributed by atoms with van der Waals surface area (Å²) in [4.78, 5) is 0. The Bertz CT molecular complexity index is 469. The Balaban J connectivity index is 2.13. The standard InChI is InChI=1S/C16H16F3N/c17-16(18,19)11-12-20-15(13-7-3-1-4-8-13)14-9-5-2-6-10-14/h1-10,15,20H,11-12H2. The van der Waals surface area contributed by atoms with E-state index in [9.17, 15) is 13.2 Å². The zero-order chi connectivity index (χ0) is 14.4. The van der Waals surface area contributed by atoms with E-state index in [-0.39, 0.29) is 12.6 Å². The maximum absolute atomic E-state index is 12.3. The van der Waals surface area contributed by atoms with Gasteiger partial charge in [-0.3, -0.25) is 0 Å². The van der Waals surface area contributed by atoms with Gasteiger partial charge in [-0.25, -0.2) is 0 Å². The molecule has 0 radical (unpaired) electrons. The van der Waals surface area contributed by atoms with E-state index in [0.717, 1.165) is 11.1 Å². The molecule has 0 heterocycles. The second-order valence-electron chi connectivity index (χ2n) is 4.57. The molecule has 0 bridgehead atoms. The largest absolute Gasteiger partial charge is 0.390 e. The van der Waals surface area contributed by atoms with Crippen LogP contribution >= 0.6 is 0 Å². The monoisotopic (exact) mass is 279 g/mol. The van der Waals surface area contributed by atoms with E-state index in [2.05, 4.69) is 5.32 Å². The van der Waals surface area contributed by atoms with Crippen LogP contribution in [0.5, 0.6) is 0 Å². The molecule has 0 spiro atoms. The SMILES string of the molecule is FC(F)(F)CCNC(c1ccccc1)c1ccccc1. The summed E-state index contributed by atoms with van der Waals surface area (Å²) in [5.41, 5.74) is 1.92. The summed E-state index contributed by atoms with van der Waals surface area (Å²) in [7, 11) is 0. The molecular formula is C16H16F3N. The molecule has 106 valence electrons. The van der Waals surface area contributed by atoms with Crippen molar-refractivity contribution in [2.45, 2.75) is 18.6 Å². The van der Waals surface area contributed by atoms with Gasteiger partial charge in [0, 0.05) is 6.54 Å². The normalized spacial score (nSPS) is 11.8. The summed E-state index contributed by atoms with van der Waals surface area (Å²) in [5, 5.41) is 2.99. The number of rotatable bonds is 5. The average molecular weight is 279 g/mol. The van der Waals surface area contributed by atoms with Crippen molar-refractivity contribution in [1.29, 1.82) is 0 Å². The third kappa shape index (κ3) is 4.38. The van der Waals surface area contributed by atoms with Gasteiger partial charge in [0.1, 0.15) is 0 Å². The van der Waals surface area contributed by atoms with Crippen LogP contribution in [0.4, 0.5) is 13.2 Å². The average Bonchev–Trinajstić information content (AvgIpc) is 2.44. The molecule has 0 amide bonds. The number of hydrogen-bond donors (Lipinski definition) is 1. The highest BCUT2D eigenvalue weighted by Crippen LogP contribution is 2.23. The Morgan fingerprint density at radius 3 is 1.65 bits per heavy atom. The molecule has 0 atom stereocenters. The Morgan fingerprint density at radius 1 is 0.800 bits per heavy atom. The lowest BCUT2D eigenvalue weighted by molar-refractivity contribution is -0.133. The highest BCUT2D eigenvalue weighted by Gasteiger charge is 2.27. The van der Waals surface area contributed by atoms with E-state index in [4.69, 9.17) is 0 Å². The van der Waals surface area contributed by atoms with Crippen LogP contribution in [0.15, 0.2) is 60.7 Å². The number of hydrogen-bond acceptors (Lipinski definition) is 1. The van der Waals surface area contributed by atoms with Crippen molar-refractivity contribution < 1.29 is 13.2 Å². The molecule has 2 rings (SSSR count). The summed E-state index contributed by atoms with van der Waals surface area (Å²) in [6.45, 7) is -0.0993. The van der Waals surface area contributed by atoms with E-state index >= 15 is 0 Å². The molecule has 0 unspecified atom stereocenters. The second kappa shape index (κ2) is 6.57. The maximum atomic E-state index is 12.3. The van der Waals surface area contributed by atoms with Crippen molar-refractivity contribution in [3.63, 3.8) is 0 Å². The quantitative estimate of drug-likeness (QED) is 0.859. The third-order valence-electron chi connectivity index (χ3n) is 3.02. The molecule has 0 aromatic heterocycles. The van der Waals surface area contributed by atoms with Crippen molar-refractivity contribution in [2.75, 3.05) is 6.54 Å². The predicted molar refractivity (Wildman–Crippen MR) is 73.4 cm³/mol. The highest BCUT2D eigenvalue weighted by molar-refractivity contribution is 5.31. The van der Waals surface area contributed by atoms with Crippen LogP contribution in [0.25, 0.3) is 0 Å². The zero-order valence-corrected chi connectivity index (χ0v) is 10.9. The molecular weight excluding hydrogens is 263 g/mol. The van der Waals surface area contributed by atoms with Crippen LogP contribution in [-0.2, 0) is 0 Å². The molecule has 1 N–H and O–H groups in total. The topological polar surface area (TPSA) is 12.0 Å². The molecule has 0 aliphatic heterocycles. The zero-order valence-electron chi connectivity index (χ0n) is 10.9. The Hall–Kier alpha value is -1.81. The number of benzene rings is 2. The first-order chi connectivity index (χ1) is 9.56. The third-order valence-corrected chi connectivity index (χ3v) is 3.02. The van der Waals surface area contributed by atoms with Gasteiger partial charge in [0.25, 0.3) is 0 Å². The number of halogens is 3. The van der Waals surface area contributed by atoms with E-state index in [1.54, 1.807) is 0 Å². The van der Waals surface area contributed by atoms with Crippen molar-refractivity contribution in [2.24, 2.45) is 0 Å². The van der Waals surface area contributed by atoms with Gasteiger partial charge in [-0.05, 0) is 11.1 Å². The van der Waals surface area contributed by atoms with Crippen LogP contribution in [-0.4, -0.2) is 12.7 Å². The lowest BCUT2D eigenvalue weighted by Gasteiger charge is -2.20. The molecule has 0 aliphatic carbocycles. The fourth-order valence-electron chi connectivity index (χ4n) is 2.08. The molecule has 20 heavy (non-hydrogen) atoms. The smallest absolute Gasteiger partial charge is 0.306 e. The van der Waals surface area contributed by atoms with Gasteiger partial charge >= 0.3 is 6.18 Å². The van der Waals surface area contributed by atoms with Gasteiger partial charge in [0.2, 0.25) is 0 Å². The number of alkyl halides is 3. The van der Waals surface area contributed by atoms with Crippen molar-refractivity contribution in [3.05, 3.63) is 71.8 Å². The summed E-state index contributed by atoms with van der Waals surface area (Å²) in [5.74, 6) is 0. The molecule has 0 saturated heterocycles. The first kappa shape index (κ1) is 14.6. The summed E-state index contributed by atoms with van der Waals surface area (Å²) >= 11 is 0. The summed E-state index contributed by atoms with van der Waals surface area (Å²) in [6, 6.07) is 18.8. The lowest BCUT2D eigenvalue weighted by Crippen LogP contribution is -2.27. The molecule has 2 aromatic carbocycles. The molecule has 2 aromatic rings. The van der Waals surface area contributed by atoms with Gasteiger partial charge in [-0.2, -0.15) is 13.2 Å². The minimum Gasteiger partial charge on any atom is -0.306 e. The first-order valence-corrected chi connectivity index (χ1v) is 6.46. The van der Waals surface area contributed by atoms with Crippen LogP contribution in [0.2, 0.25) is 0 Å².